The average Bonchev–Trinajstić information content (AvgIpc) is 2.42. The first kappa shape index (κ1) is 18.8. The number of carbonyl (C=O) groups is 2. The number of hydrogen-bond donors (Lipinski definition) is 0. The van der Waals surface area contributed by atoms with E-state index in [9.17, 15) is 9.59 Å². The summed E-state index contributed by atoms with van der Waals surface area (Å²) < 4.78 is 5.41. The minimum atomic E-state index is -0.836. The van der Waals surface area contributed by atoms with E-state index in [-0.39, 0.29) is 10.9 Å². The van der Waals surface area contributed by atoms with Crippen molar-refractivity contribution in [1.82, 2.24) is 9.80 Å². The van der Waals surface area contributed by atoms with Crippen LogP contribution >= 0.6 is 11.8 Å². The highest BCUT2D eigenvalue weighted by Crippen LogP contribution is 2.53. The monoisotopic (exact) mass is 332 g/mol. The van der Waals surface area contributed by atoms with Crippen LogP contribution in [0.5, 0.6) is 0 Å². The van der Waals surface area contributed by atoms with Crippen molar-refractivity contribution in [3.63, 3.8) is 0 Å². The summed E-state index contributed by atoms with van der Waals surface area (Å²) in [7, 11) is 6.92. The Morgan fingerprint density at radius 1 is 1.19 bits per heavy atom. The molecule has 21 heavy (non-hydrogen) atoms. The molecule has 0 radical (unpaired) electrons. The lowest BCUT2D eigenvalue weighted by atomic mass is 9.87. The molecule has 1 unspecified atom stereocenters. The molecule has 0 amide bonds. The molecule has 0 aliphatic carbocycles. The highest BCUT2D eigenvalue weighted by Gasteiger charge is 2.69. The van der Waals surface area contributed by atoms with Crippen molar-refractivity contribution >= 4 is 32.4 Å². The SMILES string of the molecule is CCCCCC1(C(O[SiH2]C)(N(C)C)N(C)C)SC(=O)C1=O. The van der Waals surface area contributed by atoms with Crippen LogP contribution in [0.4, 0.5) is 0 Å². The van der Waals surface area contributed by atoms with Gasteiger partial charge in [0.1, 0.15) is 4.75 Å². The Kier molecular flexibility index (Phi) is 6.61. The van der Waals surface area contributed by atoms with Gasteiger partial charge >= 0.3 is 0 Å². The second kappa shape index (κ2) is 7.37. The molecule has 7 heteroatoms. The number of unbranched alkanes of at least 4 members (excludes halogenated alkanes) is 2. The predicted molar refractivity (Wildman–Crippen MR) is 90.1 cm³/mol. The maximum Gasteiger partial charge on any atom is 0.257 e. The largest absolute Gasteiger partial charge is 0.394 e. The second-order valence-corrected chi connectivity index (χ2v) is 7.97. The van der Waals surface area contributed by atoms with Crippen LogP contribution in [0.25, 0.3) is 0 Å². The number of carbonyl (C=O) groups excluding carboxylic acids is 2. The molecule has 0 N–H and O–H groups in total. The van der Waals surface area contributed by atoms with Crippen molar-refractivity contribution in [2.45, 2.75) is 49.7 Å². The molecule has 0 aromatic carbocycles. The fourth-order valence-corrected chi connectivity index (χ4v) is 5.92. The molecule has 1 aliphatic rings. The van der Waals surface area contributed by atoms with Crippen molar-refractivity contribution < 1.29 is 14.0 Å². The van der Waals surface area contributed by atoms with E-state index >= 15 is 0 Å². The summed E-state index contributed by atoms with van der Waals surface area (Å²) in [5.74, 6) is -1.12. The maximum atomic E-state index is 12.5. The molecule has 1 fully saturated rings. The van der Waals surface area contributed by atoms with Crippen LogP contribution in [0.15, 0.2) is 0 Å². The molecule has 1 rings (SSSR count). The van der Waals surface area contributed by atoms with E-state index in [1.165, 1.54) is 0 Å². The Labute approximate surface area is 134 Å². The highest BCUT2D eigenvalue weighted by atomic mass is 32.2. The number of Topliss-reactive ketones (excluding diaryl/α,β-unsaturated/α-hetero) is 1. The van der Waals surface area contributed by atoms with Gasteiger partial charge in [-0.1, -0.05) is 44.5 Å². The van der Waals surface area contributed by atoms with Gasteiger partial charge in [-0.2, -0.15) is 0 Å². The Hall–Kier alpha value is -0.213. The third kappa shape index (κ3) is 2.99. The Bertz CT molecular complexity index is 396. The fourth-order valence-electron chi connectivity index (χ4n) is 3.23. The van der Waals surface area contributed by atoms with E-state index in [0.717, 1.165) is 31.0 Å². The predicted octanol–water partition coefficient (Wildman–Crippen LogP) is 1.07. The number of nitrogens with zero attached hydrogens (tertiary/aromatic N) is 2. The highest BCUT2D eigenvalue weighted by molar-refractivity contribution is 8.21. The van der Waals surface area contributed by atoms with Gasteiger partial charge < -0.3 is 4.43 Å². The zero-order valence-corrected chi connectivity index (χ0v) is 16.3. The van der Waals surface area contributed by atoms with E-state index in [0.29, 0.717) is 6.42 Å². The molecule has 1 atom stereocenters. The van der Waals surface area contributed by atoms with Crippen molar-refractivity contribution in [3.8, 4) is 0 Å². The van der Waals surface area contributed by atoms with E-state index in [2.05, 4.69) is 13.5 Å². The van der Waals surface area contributed by atoms with E-state index in [1.54, 1.807) is 0 Å². The first-order valence-electron chi connectivity index (χ1n) is 7.56. The number of thioether (sulfide) groups is 1. The molecule has 1 heterocycles. The molecule has 0 spiro atoms. The van der Waals surface area contributed by atoms with Gasteiger partial charge in [-0.25, -0.2) is 0 Å². The minimum absolute atomic E-state index is 0.284. The number of ketones is 1. The van der Waals surface area contributed by atoms with Gasteiger partial charge in [0.05, 0.1) is 0 Å². The van der Waals surface area contributed by atoms with E-state index in [4.69, 9.17) is 4.43 Å². The van der Waals surface area contributed by atoms with Crippen LogP contribution in [0.2, 0.25) is 6.55 Å². The van der Waals surface area contributed by atoms with Gasteiger partial charge in [-0.3, -0.25) is 19.4 Å². The van der Waals surface area contributed by atoms with Crippen molar-refractivity contribution in [1.29, 1.82) is 0 Å². The zero-order valence-electron chi connectivity index (χ0n) is 14.1. The van der Waals surface area contributed by atoms with Crippen LogP contribution in [-0.4, -0.2) is 69.2 Å². The second-order valence-electron chi connectivity index (χ2n) is 5.83. The van der Waals surface area contributed by atoms with Crippen LogP contribution in [0, 0.1) is 0 Å². The number of hydrogen-bond acceptors (Lipinski definition) is 6. The summed E-state index contributed by atoms with van der Waals surface area (Å²) in [5.41, 5.74) is 0. The van der Waals surface area contributed by atoms with Gasteiger partial charge in [0.15, 0.2) is 15.6 Å². The van der Waals surface area contributed by atoms with Crippen LogP contribution in [0.3, 0.4) is 0 Å². The van der Waals surface area contributed by atoms with Gasteiger partial charge in [-0.15, -0.1) is 0 Å². The summed E-state index contributed by atoms with van der Waals surface area (Å²) in [5, 5.41) is -0.332. The molecule has 0 aromatic heterocycles. The molecule has 0 aromatic rings. The van der Waals surface area contributed by atoms with Crippen molar-refractivity contribution in [2.75, 3.05) is 28.2 Å². The standard InChI is InChI=1S/C14H28N2O3SSi/c1-7-8-9-10-13(11(17)12(18)20-13)14(15(2)3,16(4)5)19-21-6/h7-10,21H2,1-6H3. The lowest BCUT2D eigenvalue weighted by Gasteiger charge is -2.58. The van der Waals surface area contributed by atoms with E-state index < -0.39 is 20.4 Å². The molecular formula is C14H28N2O3SSi. The Balaban J connectivity index is 3.24. The minimum Gasteiger partial charge on any atom is -0.394 e. The molecule has 122 valence electrons. The molecule has 1 aliphatic heterocycles. The van der Waals surface area contributed by atoms with Crippen LogP contribution < -0.4 is 0 Å². The quantitative estimate of drug-likeness (QED) is 0.272. The Morgan fingerprint density at radius 2 is 1.76 bits per heavy atom. The molecular weight excluding hydrogens is 304 g/mol. The first-order chi connectivity index (χ1) is 9.80. The molecule has 0 saturated carbocycles. The Morgan fingerprint density at radius 3 is 2.10 bits per heavy atom. The summed E-state index contributed by atoms with van der Waals surface area (Å²) >= 11 is 1.16. The number of rotatable bonds is 9. The summed E-state index contributed by atoms with van der Waals surface area (Å²) in [4.78, 5) is 28.1. The zero-order chi connectivity index (χ0) is 16.3. The van der Waals surface area contributed by atoms with Crippen LogP contribution in [0.1, 0.15) is 32.6 Å². The lowest BCUT2D eigenvalue weighted by Crippen LogP contribution is -2.77. The van der Waals surface area contributed by atoms with E-state index in [1.807, 2.05) is 38.0 Å². The fraction of sp³-hybridized carbons (Fsp3) is 0.857. The third-order valence-corrected chi connectivity index (χ3v) is 6.10. The maximum absolute atomic E-state index is 12.5. The van der Waals surface area contributed by atoms with Gasteiger partial charge in [0.2, 0.25) is 5.78 Å². The van der Waals surface area contributed by atoms with Crippen molar-refractivity contribution in [3.05, 3.63) is 0 Å². The average molecular weight is 333 g/mol. The van der Waals surface area contributed by atoms with Gasteiger partial charge in [-0.05, 0) is 34.6 Å². The smallest absolute Gasteiger partial charge is 0.257 e. The first-order valence-corrected chi connectivity index (χ1v) is 10.4. The van der Waals surface area contributed by atoms with Crippen molar-refractivity contribution in [2.24, 2.45) is 0 Å². The lowest BCUT2D eigenvalue weighted by molar-refractivity contribution is -0.193. The summed E-state index contributed by atoms with van der Waals surface area (Å²) in [6.45, 7) is 4.19. The molecule has 1 saturated heterocycles. The topological polar surface area (TPSA) is 49.9 Å². The van der Waals surface area contributed by atoms with Gasteiger partial charge in [0, 0.05) is 0 Å². The normalized spacial score (nSPS) is 23.6. The van der Waals surface area contributed by atoms with Crippen LogP contribution in [-0.2, 0) is 14.0 Å². The third-order valence-electron chi connectivity index (χ3n) is 4.04. The molecule has 5 nitrogen and oxygen atoms in total. The summed E-state index contributed by atoms with van der Waals surface area (Å²) in [6, 6.07) is 0. The molecule has 0 bridgehead atoms. The summed E-state index contributed by atoms with van der Waals surface area (Å²) in [6.07, 6.45) is 3.76. The van der Waals surface area contributed by atoms with Gasteiger partial charge in [0.25, 0.3) is 5.12 Å².